The Hall–Kier alpha value is -3.08. The number of halogens is 3. The zero-order valence-electron chi connectivity index (χ0n) is 18.5. The molecule has 3 rings (SSSR count). The van der Waals surface area contributed by atoms with Crippen molar-refractivity contribution in [3.8, 4) is 11.3 Å². The molecule has 178 valence electrons. The van der Waals surface area contributed by atoms with Gasteiger partial charge in [-0.15, -0.1) is 0 Å². The van der Waals surface area contributed by atoms with Gasteiger partial charge in [0.05, 0.1) is 24.4 Å². The zero-order valence-corrected chi connectivity index (χ0v) is 18.5. The predicted octanol–water partition coefficient (Wildman–Crippen LogP) is 3.43. The maximum Gasteiger partial charge on any atom is 0.433 e. The molecule has 0 radical (unpaired) electrons. The van der Waals surface area contributed by atoms with E-state index in [1.165, 1.54) is 17.3 Å². The summed E-state index contributed by atoms with van der Waals surface area (Å²) >= 11 is 0. The quantitative estimate of drug-likeness (QED) is 0.720. The van der Waals surface area contributed by atoms with Gasteiger partial charge in [-0.1, -0.05) is 0 Å². The SMILES string of the molecule is CC(C)(C)OC(=O)N1C[C@H](O)C[C@H]1C(=O)CCc1cc(-c2ccc(C(F)(F)F)nc2)ncn1. The number of carbonyl (C=O) groups is 2. The Morgan fingerprint density at radius 2 is 1.91 bits per heavy atom. The summed E-state index contributed by atoms with van der Waals surface area (Å²) in [5.41, 5.74) is -0.466. The number of carbonyl (C=O) groups excluding carboxylic acids is 2. The highest BCUT2D eigenvalue weighted by Crippen LogP contribution is 2.29. The summed E-state index contributed by atoms with van der Waals surface area (Å²) in [6, 6.07) is 2.92. The van der Waals surface area contributed by atoms with Crippen LogP contribution in [0.25, 0.3) is 11.3 Å². The van der Waals surface area contributed by atoms with Gasteiger partial charge in [0.2, 0.25) is 0 Å². The molecule has 0 unspecified atom stereocenters. The van der Waals surface area contributed by atoms with Crippen LogP contribution in [0.3, 0.4) is 0 Å². The first-order chi connectivity index (χ1) is 15.3. The second-order valence-electron chi connectivity index (χ2n) is 8.83. The number of aliphatic hydroxyl groups excluding tert-OH is 1. The molecule has 0 aromatic carbocycles. The van der Waals surface area contributed by atoms with Gasteiger partial charge in [0.15, 0.2) is 5.78 Å². The maximum absolute atomic E-state index is 12.8. The number of hydrogen-bond donors (Lipinski definition) is 1. The number of amides is 1. The van der Waals surface area contributed by atoms with Crippen molar-refractivity contribution in [3.63, 3.8) is 0 Å². The van der Waals surface area contributed by atoms with E-state index in [1.54, 1.807) is 26.8 Å². The first-order valence-electron chi connectivity index (χ1n) is 10.4. The standard InChI is InChI=1S/C22H25F3N4O4/c1-21(2,3)33-20(32)29-11-15(30)9-17(29)18(31)6-5-14-8-16(28-12-27-14)13-4-7-19(26-10-13)22(23,24)25/h4,7-8,10,12,15,17,30H,5-6,9,11H2,1-3H3/t15-,17+/m1/s1. The first-order valence-corrected chi connectivity index (χ1v) is 10.4. The fraction of sp³-hybridized carbons (Fsp3) is 0.500. The minimum absolute atomic E-state index is 0.0178. The van der Waals surface area contributed by atoms with Crippen molar-refractivity contribution in [1.29, 1.82) is 0 Å². The van der Waals surface area contributed by atoms with Crippen molar-refractivity contribution in [2.75, 3.05) is 6.54 Å². The molecule has 1 fully saturated rings. The van der Waals surface area contributed by atoms with Crippen LogP contribution >= 0.6 is 0 Å². The van der Waals surface area contributed by atoms with Crippen LogP contribution in [-0.2, 0) is 22.1 Å². The molecule has 8 nitrogen and oxygen atoms in total. The Bertz CT molecular complexity index is 1010. The first kappa shape index (κ1) is 24.6. The van der Waals surface area contributed by atoms with E-state index >= 15 is 0 Å². The Kier molecular flexibility index (Phi) is 7.01. The lowest BCUT2D eigenvalue weighted by Gasteiger charge is -2.27. The Balaban J connectivity index is 1.66. The molecule has 1 amide bonds. The van der Waals surface area contributed by atoms with Gasteiger partial charge in [0, 0.05) is 30.3 Å². The van der Waals surface area contributed by atoms with Gasteiger partial charge in [0.25, 0.3) is 0 Å². The number of likely N-dealkylation sites (tertiary alicyclic amines) is 1. The summed E-state index contributed by atoms with van der Waals surface area (Å²) in [6.45, 7) is 5.16. The smallest absolute Gasteiger partial charge is 0.433 e. The van der Waals surface area contributed by atoms with Crippen molar-refractivity contribution >= 4 is 11.9 Å². The molecule has 1 aliphatic rings. The molecule has 3 heterocycles. The van der Waals surface area contributed by atoms with Crippen LogP contribution in [0.15, 0.2) is 30.7 Å². The molecule has 1 N–H and O–H groups in total. The van der Waals surface area contributed by atoms with Gasteiger partial charge in [0.1, 0.15) is 17.6 Å². The van der Waals surface area contributed by atoms with Crippen molar-refractivity contribution in [2.45, 2.75) is 64.0 Å². The number of aliphatic hydroxyl groups is 1. The van der Waals surface area contributed by atoms with Gasteiger partial charge in [-0.3, -0.25) is 14.7 Å². The number of ether oxygens (including phenoxy) is 1. The van der Waals surface area contributed by atoms with E-state index in [1.807, 2.05) is 0 Å². The van der Waals surface area contributed by atoms with Crippen LogP contribution in [0.2, 0.25) is 0 Å². The molecular weight excluding hydrogens is 441 g/mol. The van der Waals surface area contributed by atoms with Gasteiger partial charge in [-0.05, 0) is 45.4 Å². The molecule has 2 aromatic rings. The van der Waals surface area contributed by atoms with E-state index in [9.17, 15) is 27.9 Å². The fourth-order valence-electron chi connectivity index (χ4n) is 3.46. The number of hydrogen-bond acceptors (Lipinski definition) is 7. The largest absolute Gasteiger partial charge is 0.444 e. The van der Waals surface area contributed by atoms with E-state index in [4.69, 9.17) is 4.74 Å². The summed E-state index contributed by atoms with van der Waals surface area (Å²) in [5.74, 6) is -0.242. The number of pyridine rings is 1. The number of rotatable bonds is 5. The third kappa shape index (κ3) is 6.47. The third-order valence-corrected chi connectivity index (χ3v) is 4.98. The predicted molar refractivity (Wildman–Crippen MR) is 111 cm³/mol. The Labute approximate surface area is 188 Å². The number of aromatic nitrogens is 3. The van der Waals surface area contributed by atoms with Crippen LogP contribution < -0.4 is 0 Å². The maximum atomic E-state index is 12.8. The Morgan fingerprint density at radius 3 is 2.52 bits per heavy atom. The van der Waals surface area contributed by atoms with Gasteiger partial charge >= 0.3 is 12.3 Å². The van der Waals surface area contributed by atoms with Crippen molar-refractivity contribution in [1.82, 2.24) is 19.9 Å². The minimum atomic E-state index is -4.53. The molecule has 2 aromatic heterocycles. The monoisotopic (exact) mass is 466 g/mol. The number of ketones is 1. The molecular formula is C22H25F3N4O4. The zero-order chi connectivity index (χ0) is 24.4. The van der Waals surface area contributed by atoms with Crippen molar-refractivity contribution < 1.29 is 32.6 Å². The topological polar surface area (TPSA) is 106 Å². The van der Waals surface area contributed by atoms with Crippen LogP contribution in [0.5, 0.6) is 0 Å². The van der Waals surface area contributed by atoms with Gasteiger partial charge < -0.3 is 9.84 Å². The summed E-state index contributed by atoms with van der Waals surface area (Å²) in [4.78, 5) is 38.1. The summed E-state index contributed by atoms with van der Waals surface area (Å²) < 4.78 is 43.4. The second kappa shape index (κ2) is 9.42. The summed E-state index contributed by atoms with van der Waals surface area (Å²) in [7, 11) is 0. The molecule has 0 aliphatic carbocycles. The molecule has 0 saturated carbocycles. The van der Waals surface area contributed by atoms with E-state index in [0.29, 0.717) is 17.0 Å². The molecule has 2 atom stereocenters. The highest BCUT2D eigenvalue weighted by molar-refractivity contribution is 5.88. The number of Topliss-reactive ketones (excluding diaryl/α,β-unsaturated/α-hetero) is 1. The number of aryl methyl sites for hydroxylation is 1. The fourth-order valence-corrected chi connectivity index (χ4v) is 3.46. The lowest BCUT2D eigenvalue weighted by molar-refractivity contribution is -0.141. The third-order valence-electron chi connectivity index (χ3n) is 4.98. The average Bonchev–Trinajstić information content (AvgIpc) is 3.12. The lowest BCUT2D eigenvalue weighted by atomic mass is 10.0. The molecule has 1 aliphatic heterocycles. The van der Waals surface area contributed by atoms with Crippen LogP contribution in [0, 0.1) is 0 Å². The second-order valence-corrected chi connectivity index (χ2v) is 8.83. The number of alkyl halides is 3. The molecule has 33 heavy (non-hydrogen) atoms. The van der Waals surface area contributed by atoms with Crippen LogP contribution in [-0.4, -0.2) is 61.1 Å². The highest BCUT2D eigenvalue weighted by atomic mass is 19.4. The summed E-state index contributed by atoms with van der Waals surface area (Å²) in [5, 5.41) is 9.98. The highest BCUT2D eigenvalue weighted by Gasteiger charge is 2.40. The normalized spacial score (nSPS) is 18.9. The minimum Gasteiger partial charge on any atom is -0.444 e. The van der Waals surface area contributed by atoms with Crippen molar-refractivity contribution in [3.05, 3.63) is 42.1 Å². The lowest BCUT2D eigenvalue weighted by Crippen LogP contribution is -2.43. The van der Waals surface area contributed by atoms with E-state index in [-0.39, 0.29) is 31.6 Å². The van der Waals surface area contributed by atoms with E-state index < -0.39 is 35.7 Å². The Morgan fingerprint density at radius 1 is 1.18 bits per heavy atom. The van der Waals surface area contributed by atoms with E-state index in [0.717, 1.165) is 12.3 Å². The molecule has 1 saturated heterocycles. The number of β-amino-alcohol motifs (C(OH)–C–C–N with tert-alkyl or cyclic N) is 1. The summed E-state index contributed by atoms with van der Waals surface area (Å²) in [6.07, 6.45) is -3.24. The number of nitrogens with zero attached hydrogens (tertiary/aromatic N) is 4. The molecule has 0 bridgehead atoms. The van der Waals surface area contributed by atoms with Crippen LogP contribution in [0.1, 0.15) is 45.0 Å². The van der Waals surface area contributed by atoms with Crippen LogP contribution in [0.4, 0.5) is 18.0 Å². The average molecular weight is 466 g/mol. The molecule has 11 heteroatoms. The van der Waals surface area contributed by atoms with E-state index in [2.05, 4.69) is 15.0 Å². The van der Waals surface area contributed by atoms with Gasteiger partial charge in [-0.2, -0.15) is 13.2 Å². The molecule has 0 spiro atoms. The van der Waals surface area contributed by atoms with Gasteiger partial charge in [-0.25, -0.2) is 14.8 Å². The van der Waals surface area contributed by atoms with Crippen molar-refractivity contribution in [2.24, 2.45) is 0 Å².